The van der Waals surface area contributed by atoms with Gasteiger partial charge in [0.2, 0.25) is 0 Å². The maximum atomic E-state index is 13.4. The second-order valence-electron chi connectivity index (χ2n) is 13.0. The Labute approximate surface area is 276 Å². The van der Waals surface area contributed by atoms with Gasteiger partial charge in [0.15, 0.2) is 16.9 Å². The summed E-state index contributed by atoms with van der Waals surface area (Å²) in [4.78, 5) is 51.5. The fourth-order valence-corrected chi connectivity index (χ4v) is 4.71. The molecule has 0 aliphatic carbocycles. The number of benzene rings is 3. The van der Waals surface area contributed by atoms with Crippen molar-refractivity contribution in [2.24, 2.45) is 0 Å². The van der Waals surface area contributed by atoms with Gasteiger partial charge in [-0.15, -0.1) is 0 Å². The van der Waals surface area contributed by atoms with Crippen LogP contribution in [-0.2, 0) is 20.7 Å². The van der Waals surface area contributed by atoms with Crippen molar-refractivity contribution in [2.45, 2.75) is 65.2 Å². The maximum absolute atomic E-state index is 13.4. The van der Waals surface area contributed by atoms with Gasteiger partial charge < -0.3 is 38.2 Å². The van der Waals surface area contributed by atoms with E-state index in [-0.39, 0.29) is 34.3 Å². The molecular weight excluding hydrogens is 622 g/mol. The first-order valence-corrected chi connectivity index (χ1v) is 15.3. The van der Waals surface area contributed by atoms with E-state index in [9.17, 15) is 19.2 Å². The molecule has 2 heterocycles. The lowest BCUT2D eigenvalue weighted by molar-refractivity contribution is -0.136. The number of carbonyl (C=O) groups is 3. The lowest BCUT2D eigenvalue weighted by atomic mass is 10.0. The molecule has 12 heteroatoms. The van der Waals surface area contributed by atoms with Gasteiger partial charge in [0.05, 0.1) is 10.9 Å². The first-order chi connectivity index (χ1) is 22.6. The van der Waals surface area contributed by atoms with Crippen molar-refractivity contribution < 1.29 is 47.2 Å². The fraction of sp³-hybridized carbons (Fsp3) is 0.333. The first-order valence-electron chi connectivity index (χ1n) is 15.3. The monoisotopic (exact) mass is 659 g/mol. The Balaban J connectivity index is 1.33. The number of hydrogen-bond donors (Lipinski definition) is 1. The minimum Gasteiger partial charge on any atom is -0.486 e. The number of nitrogens with one attached hydrogen (secondary N) is 1. The largest absolute Gasteiger partial charge is 0.514 e. The Bertz CT molecular complexity index is 1880. The van der Waals surface area contributed by atoms with Gasteiger partial charge >= 0.3 is 18.2 Å². The van der Waals surface area contributed by atoms with Gasteiger partial charge in [0.1, 0.15) is 53.8 Å². The molecule has 0 spiro atoms. The minimum absolute atomic E-state index is 0.0202. The zero-order chi connectivity index (χ0) is 34.6. The molecule has 1 N–H and O–H groups in total. The fourth-order valence-electron chi connectivity index (χ4n) is 4.71. The first kappa shape index (κ1) is 33.8. The molecule has 3 aromatic carbocycles. The van der Waals surface area contributed by atoms with E-state index in [4.69, 9.17) is 32.8 Å². The maximum Gasteiger partial charge on any atom is 0.514 e. The second-order valence-corrected chi connectivity index (χ2v) is 13.0. The molecule has 0 bridgehead atoms. The normalized spacial score (nSPS) is 13.3. The lowest BCUT2D eigenvalue weighted by Gasteiger charge is -2.23. The molecule has 1 atom stereocenters. The van der Waals surface area contributed by atoms with Gasteiger partial charge in [0, 0.05) is 12.5 Å². The molecule has 0 saturated heterocycles. The molecule has 5 rings (SSSR count). The summed E-state index contributed by atoms with van der Waals surface area (Å²) in [6.45, 7) is 11.1. The van der Waals surface area contributed by atoms with Crippen LogP contribution in [0.15, 0.2) is 76.1 Å². The van der Waals surface area contributed by atoms with Gasteiger partial charge in [-0.25, -0.2) is 14.4 Å². The Morgan fingerprint density at radius 3 is 2.15 bits per heavy atom. The van der Waals surface area contributed by atoms with Crippen LogP contribution in [0.5, 0.6) is 23.0 Å². The molecule has 48 heavy (non-hydrogen) atoms. The zero-order valence-corrected chi connectivity index (χ0v) is 27.5. The molecular formula is C36H37NO11. The van der Waals surface area contributed by atoms with Crippen LogP contribution in [0.4, 0.5) is 9.59 Å². The van der Waals surface area contributed by atoms with Crippen molar-refractivity contribution in [2.75, 3.05) is 13.2 Å². The van der Waals surface area contributed by atoms with E-state index < -0.39 is 35.5 Å². The zero-order valence-electron chi connectivity index (χ0n) is 27.5. The van der Waals surface area contributed by atoms with Crippen LogP contribution in [-0.4, -0.2) is 48.7 Å². The number of ether oxygens (including phenoxy) is 6. The van der Waals surface area contributed by atoms with Crippen molar-refractivity contribution in [3.05, 3.63) is 82.7 Å². The number of esters is 1. The van der Waals surface area contributed by atoms with Crippen LogP contribution in [0.1, 0.15) is 47.1 Å². The third-order valence-corrected chi connectivity index (χ3v) is 6.75. The topological polar surface area (TPSA) is 149 Å². The number of amides is 1. The van der Waals surface area contributed by atoms with Crippen LogP contribution in [0, 0.1) is 0 Å². The van der Waals surface area contributed by atoms with Crippen molar-refractivity contribution >= 4 is 29.2 Å². The summed E-state index contributed by atoms with van der Waals surface area (Å²) in [5, 5.41) is 2.85. The van der Waals surface area contributed by atoms with E-state index in [2.05, 4.69) is 5.32 Å². The van der Waals surface area contributed by atoms with E-state index in [1.54, 1.807) is 84.0 Å². The minimum atomic E-state index is -1.17. The average Bonchev–Trinajstić information content (AvgIpc) is 3.00. The number of carbonyl (C=O) groups excluding carboxylic acids is 3. The van der Waals surface area contributed by atoms with Crippen LogP contribution < -0.4 is 29.7 Å². The quantitative estimate of drug-likeness (QED) is 0.130. The molecule has 1 aromatic heterocycles. The number of hydrogen-bond acceptors (Lipinski definition) is 11. The Morgan fingerprint density at radius 1 is 0.792 bits per heavy atom. The molecule has 12 nitrogen and oxygen atoms in total. The third-order valence-electron chi connectivity index (χ3n) is 6.75. The van der Waals surface area contributed by atoms with Gasteiger partial charge in [-0.2, -0.15) is 0 Å². The number of rotatable bonds is 7. The van der Waals surface area contributed by atoms with Gasteiger partial charge in [0.25, 0.3) is 0 Å². The van der Waals surface area contributed by atoms with Crippen LogP contribution in [0.3, 0.4) is 0 Å². The molecule has 0 radical (unpaired) electrons. The smallest absolute Gasteiger partial charge is 0.486 e. The number of alkyl carbamates (subject to hydrolysis) is 1. The summed E-state index contributed by atoms with van der Waals surface area (Å²) in [5.41, 5.74) is -0.0584. The van der Waals surface area contributed by atoms with Crippen LogP contribution in [0.25, 0.3) is 22.1 Å². The van der Waals surface area contributed by atoms with E-state index in [0.29, 0.717) is 41.4 Å². The molecule has 1 amide bonds. The Morgan fingerprint density at radius 2 is 1.46 bits per heavy atom. The second kappa shape index (κ2) is 13.7. The highest BCUT2D eigenvalue weighted by Gasteiger charge is 2.27. The predicted molar refractivity (Wildman–Crippen MR) is 175 cm³/mol. The predicted octanol–water partition coefficient (Wildman–Crippen LogP) is 6.59. The summed E-state index contributed by atoms with van der Waals surface area (Å²) >= 11 is 0. The molecule has 0 fully saturated rings. The molecule has 252 valence electrons. The Kier molecular flexibility index (Phi) is 9.64. The molecule has 0 unspecified atom stereocenters. The summed E-state index contributed by atoms with van der Waals surface area (Å²) in [6.07, 6.45) is -0.309. The standard InChI is InChI=1S/C36H37NO11/c1-35(2,3)47-33(40)37-27(17-21-7-10-23(11-8-21)46-34(41)48-36(4,5)6)32(39)45-24-12-13-25-29(19-24)44-20-26(31(25)38)22-9-14-28-30(18-22)43-16-15-42-28/h7-14,18-20,27H,15-17H2,1-6H3,(H,37,40)/t27-/m1/s1. The van der Waals surface area contributed by atoms with E-state index in [1.807, 2.05) is 0 Å². The molecule has 0 saturated carbocycles. The third kappa shape index (κ3) is 8.84. The summed E-state index contributed by atoms with van der Waals surface area (Å²) < 4.78 is 38.4. The molecule has 4 aromatic rings. The van der Waals surface area contributed by atoms with Gasteiger partial charge in [-0.1, -0.05) is 18.2 Å². The lowest BCUT2D eigenvalue weighted by Crippen LogP contribution is -2.46. The summed E-state index contributed by atoms with van der Waals surface area (Å²) in [6, 6.07) is 14.8. The van der Waals surface area contributed by atoms with Crippen molar-refractivity contribution in [1.82, 2.24) is 5.32 Å². The van der Waals surface area contributed by atoms with Crippen molar-refractivity contribution in [3.63, 3.8) is 0 Å². The SMILES string of the molecule is CC(C)(C)OC(=O)N[C@H](Cc1ccc(OC(=O)OC(C)(C)C)cc1)C(=O)Oc1ccc2c(=O)c(-c3ccc4c(c3)OCCO4)coc2c1. The van der Waals surface area contributed by atoms with Gasteiger partial charge in [-0.05, 0) is 89.1 Å². The Hall–Kier alpha value is -5.52. The van der Waals surface area contributed by atoms with E-state index in [0.717, 1.165) is 0 Å². The van der Waals surface area contributed by atoms with E-state index in [1.165, 1.54) is 24.5 Å². The molecule has 1 aliphatic rings. The van der Waals surface area contributed by atoms with Crippen molar-refractivity contribution in [1.29, 1.82) is 0 Å². The van der Waals surface area contributed by atoms with Crippen molar-refractivity contribution in [3.8, 4) is 34.1 Å². The van der Waals surface area contributed by atoms with E-state index >= 15 is 0 Å². The van der Waals surface area contributed by atoms with Crippen LogP contribution >= 0.6 is 0 Å². The molecule has 1 aliphatic heterocycles. The highest BCUT2D eigenvalue weighted by molar-refractivity contribution is 5.86. The summed E-state index contributed by atoms with van der Waals surface area (Å²) in [7, 11) is 0. The highest BCUT2D eigenvalue weighted by Crippen LogP contribution is 2.34. The van der Waals surface area contributed by atoms with Crippen LogP contribution in [0.2, 0.25) is 0 Å². The summed E-state index contributed by atoms with van der Waals surface area (Å²) in [5.74, 6) is 0.692. The number of fused-ring (bicyclic) bond motifs is 2. The average molecular weight is 660 g/mol. The highest BCUT2D eigenvalue weighted by atomic mass is 16.7. The van der Waals surface area contributed by atoms with Gasteiger partial charge in [-0.3, -0.25) is 4.79 Å².